The highest BCUT2D eigenvalue weighted by Crippen LogP contribution is 2.14. The maximum absolute atomic E-state index is 13.8. The van der Waals surface area contributed by atoms with E-state index in [0.717, 1.165) is 30.2 Å². The van der Waals surface area contributed by atoms with Crippen molar-refractivity contribution in [1.29, 1.82) is 0 Å². The number of piperazine rings is 1. The van der Waals surface area contributed by atoms with Gasteiger partial charge in [0.05, 0.1) is 12.1 Å². The molecule has 38 heavy (non-hydrogen) atoms. The Labute approximate surface area is 222 Å². The average Bonchev–Trinajstić information content (AvgIpc) is 2.86. The third kappa shape index (κ3) is 7.82. The Morgan fingerprint density at radius 1 is 1.05 bits per heavy atom. The second kappa shape index (κ2) is 13.4. The van der Waals surface area contributed by atoms with Crippen molar-refractivity contribution in [3.8, 4) is 0 Å². The van der Waals surface area contributed by atoms with E-state index in [1.807, 2.05) is 18.2 Å². The molecular formula is C28H36F2N4O4. The van der Waals surface area contributed by atoms with Crippen molar-refractivity contribution in [2.45, 2.75) is 58.3 Å². The van der Waals surface area contributed by atoms with E-state index in [9.17, 15) is 28.3 Å². The van der Waals surface area contributed by atoms with Gasteiger partial charge in [0.1, 0.15) is 18.2 Å². The molecule has 1 heterocycles. The molecule has 3 N–H and O–H groups in total. The first-order valence-corrected chi connectivity index (χ1v) is 12.9. The first kappa shape index (κ1) is 29.2. The zero-order chi connectivity index (χ0) is 27.8. The number of benzene rings is 2. The van der Waals surface area contributed by atoms with Crippen molar-refractivity contribution in [2.24, 2.45) is 0 Å². The van der Waals surface area contributed by atoms with Gasteiger partial charge >= 0.3 is 11.8 Å². The minimum absolute atomic E-state index is 0.0402. The number of likely N-dealkylation sites (N-methyl/N-ethyl adjacent to an activating group) is 1. The summed E-state index contributed by atoms with van der Waals surface area (Å²) >= 11 is 0. The van der Waals surface area contributed by atoms with Gasteiger partial charge in [-0.1, -0.05) is 31.2 Å². The Hall–Kier alpha value is -3.37. The molecule has 0 aromatic heterocycles. The zero-order valence-electron chi connectivity index (χ0n) is 22.0. The van der Waals surface area contributed by atoms with Crippen molar-refractivity contribution in [3.63, 3.8) is 0 Å². The van der Waals surface area contributed by atoms with Gasteiger partial charge < -0.3 is 25.5 Å². The van der Waals surface area contributed by atoms with Gasteiger partial charge in [0.2, 0.25) is 5.91 Å². The van der Waals surface area contributed by atoms with E-state index in [4.69, 9.17) is 0 Å². The molecule has 0 bridgehead atoms. The van der Waals surface area contributed by atoms with Gasteiger partial charge in [-0.15, -0.1) is 0 Å². The molecule has 0 spiro atoms. The number of nitrogens with zero attached hydrogens (tertiary/aromatic N) is 2. The molecule has 3 atom stereocenters. The van der Waals surface area contributed by atoms with Crippen molar-refractivity contribution in [3.05, 3.63) is 70.8 Å². The molecule has 1 saturated heterocycles. The molecule has 10 heteroatoms. The van der Waals surface area contributed by atoms with Gasteiger partial charge in [0.25, 0.3) is 0 Å². The van der Waals surface area contributed by atoms with Crippen LogP contribution in [0.15, 0.2) is 42.5 Å². The molecule has 1 fully saturated rings. The van der Waals surface area contributed by atoms with Gasteiger partial charge in [0.15, 0.2) is 0 Å². The molecule has 0 aliphatic carbocycles. The van der Waals surface area contributed by atoms with E-state index in [2.05, 4.69) is 23.6 Å². The Bertz CT molecular complexity index is 1130. The van der Waals surface area contributed by atoms with Gasteiger partial charge in [-0.2, -0.15) is 0 Å². The number of nitrogens with one attached hydrogen (secondary N) is 2. The Morgan fingerprint density at radius 3 is 2.39 bits per heavy atom. The number of hydrogen-bond donors (Lipinski definition) is 3. The van der Waals surface area contributed by atoms with Gasteiger partial charge in [0, 0.05) is 38.3 Å². The van der Waals surface area contributed by atoms with Crippen LogP contribution in [0.4, 0.5) is 8.78 Å². The summed E-state index contributed by atoms with van der Waals surface area (Å²) in [5.74, 6) is -3.54. The molecule has 0 radical (unpaired) electrons. The minimum atomic E-state index is -1.10. The Morgan fingerprint density at radius 2 is 1.74 bits per heavy atom. The van der Waals surface area contributed by atoms with Gasteiger partial charge in [-0.25, -0.2) is 8.78 Å². The molecule has 0 saturated carbocycles. The molecule has 8 nitrogen and oxygen atoms in total. The fraction of sp³-hybridized carbons (Fsp3) is 0.464. The van der Waals surface area contributed by atoms with Crippen molar-refractivity contribution in [2.75, 3.05) is 26.2 Å². The summed E-state index contributed by atoms with van der Waals surface area (Å²) in [6, 6.07) is 9.90. The van der Waals surface area contributed by atoms with Crippen LogP contribution in [-0.4, -0.2) is 77.0 Å². The number of carbonyl (C=O) groups excluding carboxylic acids is 3. The van der Waals surface area contributed by atoms with Gasteiger partial charge in [-0.05, 0) is 55.5 Å². The van der Waals surface area contributed by atoms with Crippen LogP contribution in [-0.2, 0) is 33.8 Å². The lowest BCUT2D eigenvalue weighted by atomic mass is 10.0. The van der Waals surface area contributed by atoms with Crippen molar-refractivity contribution >= 4 is 17.7 Å². The summed E-state index contributed by atoms with van der Waals surface area (Å²) in [6.07, 6.45) is -0.246. The molecule has 1 aliphatic heterocycles. The van der Waals surface area contributed by atoms with E-state index in [0.29, 0.717) is 13.1 Å². The van der Waals surface area contributed by atoms with E-state index in [-0.39, 0.29) is 37.7 Å². The number of carbonyl (C=O) groups is 3. The normalized spacial score (nSPS) is 17.5. The van der Waals surface area contributed by atoms with E-state index in [1.165, 1.54) is 15.4 Å². The second-order valence-corrected chi connectivity index (χ2v) is 9.65. The number of aryl methyl sites for hydroxylation is 1. The summed E-state index contributed by atoms with van der Waals surface area (Å²) in [7, 11) is 0. The Balaban J connectivity index is 1.67. The maximum atomic E-state index is 13.8. The molecule has 3 rings (SSSR count). The standard InChI is InChI=1S/C28H36F2N4O4/c1-4-19-7-6-8-20(9-19)14-31-15-25(35)24(12-21-10-22(29)13-23(30)11-21)32-26(36)17-33-16-18(3)34(5-2)28(38)27(33)37/h6-11,13,18,24-25,31,35H,4-5,12,14-17H2,1-3H3,(H,32,36)/t18-,24+,25+/m1/s1. The highest BCUT2D eigenvalue weighted by Gasteiger charge is 2.37. The Kier molecular flexibility index (Phi) is 10.3. The fourth-order valence-electron chi connectivity index (χ4n) is 4.71. The molecule has 2 aromatic rings. The van der Waals surface area contributed by atoms with Gasteiger partial charge in [-0.3, -0.25) is 14.4 Å². The van der Waals surface area contributed by atoms with Crippen LogP contribution in [0.25, 0.3) is 0 Å². The molecule has 0 unspecified atom stereocenters. The fourth-order valence-corrected chi connectivity index (χ4v) is 4.71. The summed E-state index contributed by atoms with van der Waals surface area (Å²) < 4.78 is 27.6. The number of halogens is 2. The highest BCUT2D eigenvalue weighted by molar-refractivity contribution is 6.35. The number of rotatable bonds is 12. The van der Waals surface area contributed by atoms with Crippen LogP contribution in [0.1, 0.15) is 37.5 Å². The predicted octanol–water partition coefficient (Wildman–Crippen LogP) is 1.78. The topological polar surface area (TPSA) is 102 Å². The third-order valence-corrected chi connectivity index (χ3v) is 6.69. The van der Waals surface area contributed by atoms with Crippen LogP contribution in [0.5, 0.6) is 0 Å². The van der Waals surface area contributed by atoms with Crippen LogP contribution in [0.2, 0.25) is 0 Å². The number of aliphatic hydroxyl groups is 1. The minimum Gasteiger partial charge on any atom is -0.390 e. The zero-order valence-corrected chi connectivity index (χ0v) is 22.0. The van der Waals surface area contributed by atoms with Crippen molar-refractivity contribution < 1.29 is 28.3 Å². The number of amides is 3. The number of hydrogen-bond acceptors (Lipinski definition) is 5. The summed E-state index contributed by atoms with van der Waals surface area (Å²) in [4.78, 5) is 40.4. The van der Waals surface area contributed by atoms with E-state index < -0.39 is 41.5 Å². The lowest BCUT2D eigenvalue weighted by Gasteiger charge is -2.38. The monoisotopic (exact) mass is 530 g/mol. The third-order valence-electron chi connectivity index (χ3n) is 6.69. The van der Waals surface area contributed by atoms with Crippen LogP contribution in [0.3, 0.4) is 0 Å². The van der Waals surface area contributed by atoms with E-state index >= 15 is 0 Å². The SMILES string of the molecule is CCc1cccc(CNC[C@H](O)[C@H](Cc2cc(F)cc(F)c2)NC(=O)CN2C[C@@H](C)N(CC)C(=O)C2=O)c1. The van der Waals surface area contributed by atoms with Crippen LogP contribution in [0, 0.1) is 11.6 Å². The van der Waals surface area contributed by atoms with Crippen LogP contribution >= 0.6 is 0 Å². The molecule has 3 amide bonds. The lowest BCUT2D eigenvalue weighted by molar-refractivity contribution is -0.159. The first-order chi connectivity index (χ1) is 18.1. The molecule has 206 valence electrons. The quantitative estimate of drug-likeness (QED) is 0.363. The summed E-state index contributed by atoms with van der Waals surface area (Å²) in [5.41, 5.74) is 2.48. The second-order valence-electron chi connectivity index (χ2n) is 9.65. The van der Waals surface area contributed by atoms with Crippen LogP contribution < -0.4 is 10.6 Å². The molecule has 2 aromatic carbocycles. The van der Waals surface area contributed by atoms with E-state index in [1.54, 1.807) is 13.8 Å². The lowest BCUT2D eigenvalue weighted by Crippen LogP contribution is -2.60. The number of aliphatic hydroxyl groups excluding tert-OH is 1. The highest BCUT2D eigenvalue weighted by atomic mass is 19.1. The summed E-state index contributed by atoms with van der Waals surface area (Å²) in [6.45, 7) is 6.44. The molecular weight excluding hydrogens is 494 g/mol. The van der Waals surface area contributed by atoms with Crippen molar-refractivity contribution in [1.82, 2.24) is 20.4 Å². The maximum Gasteiger partial charge on any atom is 0.312 e. The summed E-state index contributed by atoms with van der Waals surface area (Å²) in [5, 5.41) is 16.8. The smallest absolute Gasteiger partial charge is 0.312 e. The largest absolute Gasteiger partial charge is 0.390 e. The average molecular weight is 531 g/mol. The first-order valence-electron chi connectivity index (χ1n) is 12.9. The molecule has 1 aliphatic rings. The predicted molar refractivity (Wildman–Crippen MR) is 139 cm³/mol.